The Kier molecular flexibility index (Phi) is 4.88. The molecular weight excluding hydrogens is 398 g/mol. The van der Waals surface area contributed by atoms with Gasteiger partial charge in [0.1, 0.15) is 0 Å². The molecule has 8 nitrogen and oxygen atoms in total. The number of rotatable bonds is 5. The van der Waals surface area contributed by atoms with Crippen LogP contribution in [0.15, 0.2) is 78.5 Å². The molecule has 0 aromatic heterocycles. The van der Waals surface area contributed by atoms with Crippen LogP contribution in [0.1, 0.15) is 31.1 Å². The van der Waals surface area contributed by atoms with Crippen LogP contribution in [0.2, 0.25) is 0 Å². The summed E-state index contributed by atoms with van der Waals surface area (Å²) in [5, 5.41) is 14.1. The lowest BCUT2D eigenvalue weighted by molar-refractivity contribution is -0.384. The number of anilines is 1. The van der Waals surface area contributed by atoms with Crippen molar-refractivity contribution >= 4 is 28.8 Å². The maximum absolute atomic E-state index is 12.8. The third-order valence-electron chi connectivity index (χ3n) is 4.89. The summed E-state index contributed by atoms with van der Waals surface area (Å²) in [6, 6.07) is 16.9. The first-order valence-corrected chi connectivity index (χ1v) is 9.20. The Balaban J connectivity index is 1.72. The van der Waals surface area contributed by atoms with Gasteiger partial charge in [0.05, 0.1) is 10.6 Å². The monoisotopic (exact) mass is 413 g/mol. The fourth-order valence-electron chi connectivity index (χ4n) is 3.43. The van der Waals surface area contributed by atoms with Crippen molar-refractivity contribution in [2.24, 2.45) is 5.73 Å². The summed E-state index contributed by atoms with van der Waals surface area (Å²) < 4.78 is 0. The van der Waals surface area contributed by atoms with E-state index in [-0.39, 0.29) is 34.1 Å². The van der Waals surface area contributed by atoms with Crippen LogP contribution < -0.4 is 11.1 Å². The maximum atomic E-state index is 12.8. The second kappa shape index (κ2) is 7.68. The van der Waals surface area contributed by atoms with Crippen molar-refractivity contribution in [1.29, 1.82) is 0 Å². The highest BCUT2D eigenvalue weighted by molar-refractivity contribution is 6.25. The van der Waals surface area contributed by atoms with E-state index in [0.29, 0.717) is 22.4 Å². The predicted octanol–water partition coefficient (Wildman–Crippen LogP) is 3.74. The zero-order valence-electron chi connectivity index (χ0n) is 16.0. The van der Waals surface area contributed by atoms with Crippen LogP contribution >= 0.6 is 0 Å². The lowest BCUT2D eigenvalue weighted by Crippen LogP contribution is -2.21. The van der Waals surface area contributed by atoms with Gasteiger partial charge in [-0.2, -0.15) is 0 Å². The average molecular weight is 413 g/mol. The van der Waals surface area contributed by atoms with Crippen molar-refractivity contribution in [3.8, 4) is 11.1 Å². The summed E-state index contributed by atoms with van der Waals surface area (Å²) in [6.45, 7) is 0. The van der Waals surface area contributed by atoms with Gasteiger partial charge in [-0.25, -0.2) is 0 Å². The molecule has 31 heavy (non-hydrogen) atoms. The van der Waals surface area contributed by atoms with Crippen LogP contribution in [0.5, 0.6) is 0 Å². The zero-order valence-corrected chi connectivity index (χ0v) is 16.0. The topological polar surface area (TPSA) is 132 Å². The first kappa shape index (κ1) is 19.7. The molecule has 1 aliphatic rings. The highest BCUT2D eigenvalue weighted by Crippen LogP contribution is 2.31. The Hall–Kier alpha value is -4.59. The van der Waals surface area contributed by atoms with Crippen LogP contribution in [0.4, 0.5) is 11.4 Å². The summed E-state index contributed by atoms with van der Waals surface area (Å²) in [6.07, 6.45) is 1.24. The molecule has 0 saturated heterocycles. The molecule has 3 aromatic rings. The molecule has 152 valence electrons. The molecule has 1 amide bonds. The Morgan fingerprint density at radius 2 is 1.65 bits per heavy atom. The first-order chi connectivity index (χ1) is 14.8. The molecule has 4 rings (SSSR count). The predicted molar refractivity (Wildman–Crippen MR) is 114 cm³/mol. The average Bonchev–Trinajstić information content (AvgIpc) is 2.77. The Bertz CT molecular complexity index is 1310. The van der Waals surface area contributed by atoms with E-state index >= 15 is 0 Å². The number of non-ortho nitro benzene ring substituents is 1. The van der Waals surface area contributed by atoms with Gasteiger partial charge in [-0.3, -0.25) is 24.5 Å². The molecule has 0 aliphatic heterocycles. The van der Waals surface area contributed by atoms with Crippen molar-refractivity contribution < 1.29 is 19.3 Å². The molecule has 0 bridgehead atoms. The zero-order chi connectivity index (χ0) is 22.1. The van der Waals surface area contributed by atoms with Gasteiger partial charge < -0.3 is 11.1 Å². The Morgan fingerprint density at radius 1 is 0.903 bits per heavy atom. The normalized spacial score (nSPS) is 12.7. The molecule has 0 spiro atoms. The third kappa shape index (κ3) is 3.69. The van der Waals surface area contributed by atoms with E-state index in [9.17, 15) is 24.5 Å². The summed E-state index contributed by atoms with van der Waals surface area (Å²) in [7, 11) is 0. The van der Waals surface area contributed by atoms with E-state index in [1.165, 1.54) is 24.3 Å². The number of Topliss-reactive ketones (excluding diaryl/α,β-unsaturated/α-hetero) is 1. The Morgan fingerprint density at radius 3 is 2.35 bits per heavy atom. The van der Waals surface area contributed by atoms with Crippen molar-refractivity contribution in [1.82, 2.24) is 0 Å². The molecule has 0 saturated carbocycles. The van der Waals surface area contributed by atoms with Gasteiger partial charge in [-0.15, -0.1) is 0 Å². The van der Waals surface area contributed by atoms with E-state index in [4.69, 9.17) is 5.73 Å². The number of hydrogen-bond donors (Lipinski definition) is 2. The minimum absolute atomic E-state index is 0.106. The second-order valence-electron chi connectivity index (χ2n) is 6.85. The van der Waals surface area contributed by atoms with E-state index in [2.05, 4.69) is 5.32 Å². The number of primary amides is 1. The molecule has 0 fully saturated rings. The Labute approximate surface area is 176 Å². The number of nitrogens with one attached hydrogen (secondary N) is 1. The van der Waals surface area contributed by atoms with Gasteiger partial charge in [0, 0.05) is 46.1 Å². The van der Waals surface area contributed by atoms with Crippen molar-refractivity contribution in [3.63, 3.8) is 0 Å². The fourth-order valence-corrected chi connectivity index (χ4v) is 3.43. The number of carbonyl (C=O) groups excluding carboxylic acids is 3. The lowest BCUT2D eigenvalue weighted by atomic mass is 9.92. The molecule has 0 heterocycles. The number of nitrogens with zero attached hydrogens (tertiary/aromatic N) is 1. The SMILES string of the molecule is NC(=O)c1ccc([N+](=O)[O-])cc1-c1cccc(NC2=CC(=O)c3ccccc3C2=O)c1. The number of carbonyl (C=O) groups is 3. The molecule has 0 atom stereocenters. The van der Waals surface area contributed by atoms with E-state index in [1.807, 2.05) is 0 Å². The van der Waals surface area contributed by atoms with Gasteiger partial charge in [0.2, 0.25) is 11.7 Å². The minimum atomic E-state index is -0.726. The molecule has 3 aromatic carbocycles. The molecule has 0 radical (unpaired) electrons. The molecule has 1 aliphatic carbocycles. The number of allylic oxidation sites excluding steroid dienone is 2. The number of fused-ring (bicyclic) bond motifs is 1. The number of nitro groups is 1. The van der Waals surface area contributed by atoms with Gasteiger partial charge >= 0.3 is 0 Å². The summed E-state index contributed by atoms with van der Waals surface area (Å²) in [5.74, 6) is -1.34. The van der Waals surface area contributed by atoms with E-state index < -0.39 is 10.8 Å². The van der Waals surface area contributed by atoms with Crippen molar-refractivity contribution in [2.45, 2.75) is 0 Å². The number of benzene rings is 3. The van der Waals surface area contributed by atoms with Gasteiger partial charge in [-0.05, 0) is 23.8 Å². The van der Waals surface area contributed by atoms with Gasteiger partial charge in [0.25, 0.3) is 5.69 Å². The number of nitrogens with two attached hydrogens (primary N) is 1. The van der Waals surface area contributed by atoms with Crippen LogP contribution in [0.25, 0.3) is 11.1 Å². The maximum Gasteiger partial charge on any atom is 0.270 e. The van der Waals surface area contributed by atoms with Crippen molar-refractivity contribution in [2.75, 3.05) is 5.32 Å². The van der Waals surface area contributed by atoms with Gasteiger partial charge in [0.15, 0.2) is 5.78 Å². The van der Waals surface area contributed by atoms with Crippen LogP contribution in [-0.4, -0.2) is 22.4 Å². The number of ketones is 2. The number of nitro benzene ring substituents is 1. The number of amides is 1. The fraction of sp³-hybridized carbons (Fsp3) is 0. The van der Waals surface area contributed by atoms with Crippen LogP contribution in [0.3, 0.4) is 0 Å². The third-order valence-corrected chi connectivity index (χ3v) is 4.89. The summed E-state index contributed by atoms with van der Waals surface area (Å²) >= 11 is 0. The molecular formula is C23H15N3O5. The van der Waals surface area contributed by atoms with Crippen LogP contribution in [-0.2, 0) is 0 Å². The first-order valence-electron chi connectivity index (χ1n) is 9.20. The van der Waals surface area contributed by atoms with E-state index in [1.54, 1.807) is 48.5 Å². The van der Waals surface area contributed by atoms with Gasteiger partial charge in [-0.1, -0.05) is 36.4 Å². The second-order valence-corrected chi connectivity index (χ2v) is 6.85. The lowest BCUT2D eigenvalue weighted by Gasteiger charge is -2.17. The van der Waals surface area contributed by atoms with Crippen molar-refractivity contribution in [3.05, 3.63) is 105 Å². The number of hydrogen-bond acceptors (Lipinski definition) is 6. The smallest absolute Gasteiger partial charge is 0.270 e. The molecule has 0 unspecified atom stereocenters. The standard InChI is InChI=1S/C23H15N3O5/c24-23(29)18-9-8-15(26(30)31)11-19(18)13-4-3-5-14(10-13)25-20-12-21(27)16-6-1-2-7-17(16)22(20)28/h1-12,25H,(H2,24,29). The molecule has 3 N–H and O–H groups in total. The van der Waals surface area contributed by atoms with E-state index in [0.717, 1.165) is 0 Å². The summed E-state index contributed by atoms with van der Waals surface area (Å²) in [4.78, 5) is 47.5. The van der Waals surface area contributed by atoms with Crippen LogP contribution in [0, 0.1) is 10.1 Å². The largest absolute Gasteiger partial charge is 0.366 e. The summed E-state index contributed by atoms with van der Waals surface area (Å²) in [5.41, 5.74) is 7.36. The molecule has 8 heteroatoms. The minimum Gasteiger partial charge on any atom is -0.366 e. The highest BCUT2D eigenvalue weighted by atomic mass is 16.6. The highest BCUT2D eigenvalue weighted by Gasteiger charge is 2.25. The quantitative estimate of drug-likeness (QED) is 0.484.